The van der Waals surface area contributed by atoms with Crippen LogP contribution in [0.4, 0.5) is 5.13 Å². The van der Waals surface area contributed by atoms with Crippen molar-refractivity contribution in [2.45, 2.75) is 18.2 Å². The van der Waals surface area contributed by atoms with E-state index in [4.69, 9.17) is 9.47 Å². The summed E-state index contributed by atoms with van der Waals surface area (Å²) in [5, 5.41) is 8.94. The third-order valence-electron chi connectivity index (χ3n) is 3.93. The number of hydrogen-bond donors (Lipinski definition) is 1. The highest BCUT2D eigenvalue weighted by Crippen LogP contribution is 2.35. The Balaban J connectivity index is 1.96. The van der Waals surface area contributed by atoms with Gasteiger partial charge in [0.05, 0.1) is 14.2 Å². The minimum atomic E-state index is -3.98. The Labute approximate surface area is 162 Å². The highest BCUT2D eigenvalue weighted by molar-refractivity contribution is 7.93. The lowest BCUT2D eigenvalue weighted by atomic mass is 10.1. The summed E-state index contributed by atoms with van der Waals surface area (Å²) < 4.78 is 38.6. The van der Waals surface area contributed by atoms with Gasteiger partial charge in [-0.3, -0.25) is 4.72 Å². The second-order valence-electron chi connectivity index (χ2n) is 5.52. The molecule has 7 nitrogen and oxygen atoms in total. The molecule has 0 amide bonds. The van der Waals surface area contributed by atoms with Crippen LogP contribution in [-0.2, 0) is 16.4 Å². The van der Waals surface area contributed by atoms with Gasteiger partial charge in [-0.2, -0.15) is 0 Å². The number of aromatic nitrogens is 2. The Morgan fingerprint density at radius 3 is 2.30 bits per heavy atom. The van der Waals surface area contributed by atoms with E-state index in [0.717, 1.165) is 17.5 Å². The van der Waals surface area contributed by atoms with Gasteiger partial charge in [0, 0.05) is 5.56 Å². The van der Waals surface area contributed by atoms with Gasteiger partial charge in [0.2, 0.25) is 5.13 Å². The number of sulfonamides is 1. The first-order valence-corrected chi connectivity index (χ1v) is 10.5. The smallest absolute Gasteiger partial charge is 0.271 e. The Morgan fingerprint density at radius 1 is 1.00 bits per heavy atom. The summed E-state index contributed by atoms with van der Waals surface area (Å²) in [5.74, 6) is 0.367. The van der Waals surface area contributed by atoms with E-state index < -0.39 is 10.0 Å². The second-order valence-corrected chi connectivity index (χ2v) is 8.12. The van der Waals surface area contributed by atoms with Crippen LogP contribution in [0.2, 0.25) is 0 Å². The molecular weight excluding hydrogens is 386 g/mol. The van der Waals surface area contributed by atoms with Gasteiger partial charge in [0.25, 0.3) is 10.0 Å². The first kappa shape index (κ1) is 19.1. The zero-order valence-electron chi connectivity index (χ0n) is 15.1. The van der Waals surface area contributed by atoms with E-state index in [1.165, 1.54) is 25.6 Å². The number of ether oxygens (including phenoxy) is 2. The van der Waals surface area contributed by atoms with Crippen molar-refractivity contribution in [2.24, 2.45) is 0 Å². The summed E-state index contributed by atoms with van der Waals surface area (Å²) in [7, 11) is -1.17. The molecule has 3 rings (SSSR count). The number of aryl methyl sites for hydroxylation is 1. The van der Waals surface area contributed by atoms with Gasteiger partial charge in [0.1, 0.15) is 16.5 Å². The topological polar surface area (TPSA) is 90.4 Å². The van der Waals surface area contributed by atoms with Crippen LogP contribution in [0.3, 0.4) is 0 Å². The molecule has 1 aromatic heterocycles. The highest BCUT2D eigenvalue weighted by Gasteiger charge is 2.26. The Bertz CT molecular complexity index is 1030. The summed E-state index contributed by atoms with van der Waals surface area (Å²) in [4.78, 5) is -0.0827. The summed E-state index contributed by atoms with van der Waals surface area (Å²) in [6, 6.07) is 12.6. The van der Waals surface area contributed by atoms with Crippen molar-refractivity contribution in [1.82, 2.24) is 10.2 Å². The van der Waals surface area contributed by atoms with Crippen molar-refractivity contribution in [1.29, 1.82) is 0 Å². The molecule has 9 heteroatoms. The first-order valence-electron chi connectivity index (χ1n) is 8.15. The molecule has 1 N–H and O–H groups in total. The fraction of sp³-hybridized carbons (Fsp3) is 0.222. The highest BCUT2D eigenvalue weighted by atomic mass is 32.2. The molecule has 0 bridgehead atoms. The number of rotatable bonds is 7. The average molecular weight is 406 g/mol. The molecule has 0 saturated carbocycles. The van der Waals surface area contributed by atoms with Crippen LogP contribution in [0.5, 0.6) is 11.5 Å². The van der Waals surface area contributed by atoms with E-state index in [-0.39, 0.29) is 21.5 Å². The predicted molar refractivity (Wildman–Crippen MR) is 105 cm³/mol. The Hall–Kier alpha value is -2.65. The Kier molecular flexibility index (Phi) is 5.62. The molecule has 0 fully saturated rings. The summed E-state index contributed by atoms with van der Waals surface area (Å²) in [6.07, 6.45) is 0.842. The fourth-order valence-electron chi connectivity index (χ4n) is 2.66. The molecule has 0 unspecified atom stereocenters. The lowest BCUT2D eigenvalue weighted by molar-refractivity contribution is 0.373. The summed E-state index contributed by atoms with van der Waals surface area (Å²) >= 11 is 1.17. The summed E-state index contributed by atoms with van der Waals surface area (Å²) in [5.41, 5.74) is 2.06. The zero-order chi connectivity index (χ0) is 19.4. The molecule has 3 aromatic rings. The molecule has 0 aliphatic rings. The maximum absolute atomic E-state index is 12.9. The van der Waals surface area contributed by atoms with Crippen molar-refractivity contribution in [3.8, 4) is 22.1 Å². The van der Waals surface area contributed by atoms with Crippen molar-refractivity contribution >= 4 is 26.5 Å². The normalized spacial score (nSPS) is 11.2. The third kappa shape index (κ3) is 3.88. The minimum Gasteiger partial charge on any atom is -0.495 e. The van der Waals surface area contributed by atoms with Crippen LogP contribution in [0.15, 0.2) is 47.4 Å². The fourth-order valence-corrected chi connectivity index (χ4v) is 5.02. The van der Waals surface area contributed by atoms with Crippen molar-refractivity contribution in [2.75, 3.05) is 18.9 Å². The molecule has 0 atom stereocenters. The van der Waals surface area contributed by atoms with E-state index in [0.29, 0.717) is 5.01 Å². The molecule has 0 radical (unpaired) electrons. The van der Waals surface area contributed by atoms with E-state index in [1.54, 1.807) is 18.2 Å². The van der Waals surface area contributed by atoms with Crippen molar-refractivity contribution < 1.29 is 17.9 Å². The maximum Gasteiger partial charge on any atom is 0.271 e. The molecule has 0 spiro atoms. The molecular formula is C18H19N3O4S2. The Morgan fingerprint density at radius 2 is 1.67 bits per heavy atom. The van der Waals surface area contributed by atoms with Crippen molar-refractivity contribution in [3.05, 3.63) is 48.0 Å². The van der Waals surface area contributed by atoms with Gasteiger partial charge in [-0.1, -0.05) is 48.6 Å². The molecule has 1 heterocycles. The second kappa shape index (κ2) is 7.93. The van der Waals surface area contributed by atoms with Crippen LogP contribution in [0, 0.1) is 0 Å². The molecule has 27 heavy (non-hydrogen) atoms. The first-order chi connectivity index (χ1) is 13.0. The predicted octanol–water partition coefficient (Wildman–Crippen LogP) is 3.59. The van der Waals surface area contributed by atoms with Crippen LogP contribution in [0.25, 0.3) is 10.6 Å². The quantitative estimate of drug-likeness (QED) is 0.646. The van der Waals surface area contributed by atoms with E-state index in [9.17, 15) is 8.42 Å². The summed E-state index contributed by atoms with van der Waals surface area (Å²) in [6.45, 7) is 2.05. The zero-order valence-corrected chi connectivity index (χ0v) is 16.7. The van der Waals surface area contributed by atoms with Crippen LogP contribution in [-0.4, -0.2) is 32.8 Å². The molecule has 0 aliphatic heterocycles. The number of anilines is 1. The molecule has 0 saturated heterocycles. The maximum atomic E-state index is 12.9. The van der Waals surface area contributed by atoms with Crippen LogP contribution < -0.4 is 14.2 Å². The number of nitrogens with one attached hydrogen (secondary N) is 1. The minimum absolute atomic E-state index is 0.0827. The van der Waals surface area contributed by atoms with Gasteiger partial charge in [-0.05, 0) is 24.1 Å². The van der Waals surface area contributed by atoms with E-state index in [1.807, 2.05) is 24.3 Å². The average Bonchev–Trinajstić information content (AvgIpc) is 3.14. The number of methoxy groups -OCH3 is 2. The van der Waals surface area contributed by atoms with Gasteiger partial charge in [0.15, 0.2) is 4.90 Å². The van der Waals surface area contributed by atoms with Gasteiger partial charge in [-0.25, -0.2) is 8.42 Å². The number of nitrogens with zero attached hydrogens (tertiary/aromatic N) is 2. The molecule has 142 valence electrons. The molecule has 2 aromatic carbocycles. The third-order valence-corrected chi connectivity index (χ3v) is 6.33. The number of benzene rings is 2. The van der Waals surface area contributed by atoms with Gasteiger partial charge >= 0.3 is 0 Å². The molecule has 0 aliphatic carbocycles. The van der Waals surface area contributed by atoms with Gasteiger partial charge in [-0.15, -0.1) is 10.2 Å². The monoisotopic (exact) mass is 405 g/mol. The van der Waals surface area contributed by atoms with Crippen LogP contribution in [0.1, 0.15) is 12.5 Å². The number of hydrogen-bond acceptors (Lipinski definition) is 7. The van der Waals surface area contributed by atoms with Crippen molar-refractivity contribution in [3.63, 3.8) is 0 Å². The largest absolute Gasteiger partial charge is 0.495 e. The van der Waals surface area contributed by atoms with E-state index >= 15 is 0 Å². The lowest BCUT2D eigenvalue weighted by Crippen LogP contribution is -2.15. The van der Waals surface area contributed by atoms with Crippen LogP contribution >= 0.6 is 11.3 Å². The standard InChI is InChI=1S/C18H19N3O4S2/c1-4-12-8-5-6-9-13(12)17-19-20-18(26-17)21-27(22,23)16-14(24-2)10-7-11-15(16)25-3/h5-11H,4H2,1-3H3,(H,20,21). The lowest BCUT2D eigenvalue weighted by Gasteiger charge is -2.13. The van der Waals surface area contributed by atoms with Gasteiger partial charge < -0.3 is 9.47 Å². The SMILES string of the molecule is CCc1ccccc1-c1nnc(NS(=O)(=O)c2c(OC)cccc2OC)s1. The van der Waals surface area contributed by atoms with E-state index in [2.05, 4.69) is 21.8 Å².